The van der Waals surface area contributed by atoms with Crippen molar-refractivity contribution in [1.82, 2.24) is 19.7 Å². The zero-order valence-corrected chi connectivity index (χ0v) is 18.5. The topological polar surface area (TPSA) is 63.5 Å². The van der Waals surface area contributed by atoms with Gasteiger partial charge in [0.25, 0.3) is 5.91 Å². The minimum absolute atomic E-state index is 0.146. The number of piperazine rings is 1. The molecule has 0 atom stereocenters. The first-order valence-corrected chi connectivity index (χ1v) is 11.0. The van der Waals surface area contributed by atoms with Gasteiger partial charge in [-0.3, -0.25) is 4.79 Å². The quantitative estimate of drug-likeness (QED) is 0.472. The van der Waals surface area contributed by atoms with Crippen LogP contribution in [0.4, 0.5) is 5.69 Å². The number of amides is 1. The lowest BCUT2D eigenvalue weighted by Gasteiger charge is -2.35. The lowest BCUT2D eigenvalue weighted by molar-refractivity contribution is 0.0734. The fourth-order valence-corrected chi connectivity index (χ4v) is 4.03. The summed E-state index contributed by atoms with van der Waals surface area (Å²) in [6.45, 7) is 2.82. The molecule has 33 heavy (non-hydrogen) atoms. The minimum Gasteiger partial charge on any atom is -0.497 e. The number of benzene rings is 3. The Morgan fingerprint density at radius 1 is 0.788 bits per heavy atom. The molecule has 4 aromatic rings. The second kappa shape index (κ2) is 9.16. The van der Waals surface area contributed by atoms with Crippen LogP contribution < -0.4 is 9.64 Å². The second-order valence-corrected chi connectivity index (χ2v) is 7.85. The van der Waals surface area contributed by atoms with Gasteiger partial charge < -0.3 is 14.5 Å². The maximum Gasteiger partial charge on any atom is 0.293 e. The summed E-state index contributed by atoms with van der Waals surface area (Å²) in [4.78, 5) is 22.1. The van der Waals surface area contributed by atoms with E-state index in [1.54, 1.807) is 11.8 Å². The maximum atomic E-state index is 13.3. The number of hydrogen-bond donors (Lipinski definition) is 0. The zero-order valence-electron chi connectivity index (χ0n) is 18.5. The third-order valence-corrected chi connectivity index (χ3v) is 5.84. The third-order valence-electron chi connectivity index (χ3n) is 5.84. The molecule has 0 unspecified atom stereocenters. The van der Waals surface area contributed by atoms with Crippen LogP contribution >= 0.6 is 0 Å². The van der Waals surface area contributed by atoms with E-state index >= 15 is 0 Å². The summed E-state index contributed by atoms with van der Waals surface area (Å²) in [5, 5.41) is 4.62. The standard InChI is InChI=1S/C26H25N5O2/c1-33-23-14-12-22(13-15-23)31-25(20-8-4-2-5-9-20)27-24(28-31)26(32)30-18-16-29(17-19-30)21-10-6-3-7-11-21/h2-15H,16-19H2,1H3. The summed E-state index contributed by atoms with van der Waals surface area (Å²) in [5.74, 6) is 1.45. The molecule has 1 aromatic heterocycles. The van der Waals surface area contributed by atoms with E-state index in [1.165, 1.54) is 5.69 Å². The molecule has 3 aromatic carbocycles. The Labute approximate surface area is 192 Å². The number of aromatic nitrogens is 3. The van der Waals surface area contributed by atoms with Crippen LogP contribution in [0.2, 0.25) is 0 Å². The lowest BCUT2D eigenvalue weighted by Crippen LogP contribution is -2.49. The van der Waals surface area contributed by atoms with Gasteiger partial charge in [-0.1, -0.05) is 48.5 Å². The first-order chi connectivity index (χ1) is 16.2. The summed E-state index contributed by atoms with van der Waals surface area (Å²) in [5.41, 5.74) is 2.89. The van der Waals surface area contributed by atoms with Gasteiger partial charge in [-0.2, -0.15) is 0 Å². The van der Waals surface area contributed by atoms with Gasteiger partial charge >= 0.3 is 0 Å². The Balaban J connectivity index is 1.41. The van der Waals surface area contributed by atoms with E-state index in [0.717, 1.165) is 30.1 Å². The zero-order chi connectivity index (χ0) is 22.6. The maximum absolute atomic E-state index is 13.3. The number of ether oxygens (including phenoxy) is 1. The normalized spacial score (nSPS) is 13.7. The van der Waals surface area contributed by atoms with Gasteiger partial charge in [0.05, 0.1) is 12.8 Å². The largest absolute Gasteiger partial charge is 0.497 e. The predicted octanol–water partition coefficient (Wildman–Crippen LogP) is 3.91. The van der Waals surface area contributed by atoms with Crippen molar-refractivity contribution in [3.05, 3.63) is 90.8 Å². The molecule has 1 amide bonds. The van der Waals surface area contributed by atoms with Crippen LogP contribution in [0.5, 0.6) is 5.75 Å². The van der Waals surface area contributed by atoms with Gasteiger partial charge in [-0.05, 0) is 36.4 Å². The van der Waals surface area contributed by atoms with E-state index in [0.29, 0.717) is 18.9 Å². The number of methoxy groups -OCH3 is 1. The minimum atomic E-state index is -0.146. The van der Waals surface area contributed by atoms with Gasteiger partial charge in [-0.15, -0.1) is 5.10 Å². The number of anilines is 1. The smallest absolute Gasteiger partial charge is 0.293 e. The highest BCUT2D eigenvalue weighted by molar-refractivity contribution is 5.91. The Morgan fingerprint density at radius 2 is 1.42 bits per heavy atom. The molecule has 7 nitrogen and oxygen atoms in total. The number of rotatable bonds is 5. The molecule has 0 radical (unpaired) electrons. The highest BCUT2D eigenvalue weighted by Crippen LogP contribution is 2.24. The molecular formula is C26H25N5O2. The van der Waals surface area contributed by atoms with E-state index in [4.69, 9.17) is 4.74 Å². The Hall–Kier alpha value is -4.13. The molecular weight excluding hydrogens is 414 g/mol. The van der Waals surface area contributed by atoms with Crippen LogP contribution in [0.1, 0.15) is 10.6 Å². The van der Waals surface area contributed by atoms with Crippen molar-refractivity contribution in [2.24, 2.45) is 0 Å². The van der Waals surface area contributed by atoms with E-state index in [-0.39, 0.29) is 11.7 Å². The molecule has 0 saturated carbocycles. The molecule has 7 heteroatoms. The molecule has 0 N–H and O–H groups in total. The molecule has 1 saturated heterocycles. The number of carbonyl (C=O) groups is 1. The van der Waals surface area contributed by atoms with Crippen LogP contribution in [-0.4, -0.2) is 58.9 Å². The van der Waals surface area contributed by atoms with Crippen molar-refractivity contribution in [2.75, 3.05) is 38.2 Å². The summed E-state index contributed by atoms with van der Waals surface area (Å²) >= 11 is 0. The highest BCUT2D eigenvalue weighted by Gasteiger charge is 2.27. The van der Waals surface area contributed by atoms with Crippen LogP contribution in [0, 0.1) is 0 Å². The van der Waals surface area contributed by atoms with Gasteiger partial charge in [-0.25, -0.2) is 9.67 Å². The lowest BCUT2D eigenvalue weighted by atomic mass is 10.2. The second-order valence-electron chi connectivity index (χ2n) is 7.85. The van der Waals surface area contributed by atoms with Crippen molar-refractivity contribution in [2.45, 2.75) is 0 Å². The van der Waals surface area contributed by atoms with Crippen molar-refractivity contribution in [3.63, 3.8) is 0 Å². The molecule has 1 fully saturated rings. The van der Waals surface area contributed by atoms with Gasteiger partial charge in [0.1, 0.15) is 5.75 Å². The fraction of sp³-hybridized carbons (Fsp3) is 0.192. The van der Waals surface area contributed by atoms with Crippen molar-refractivity contribution in [3.8, 4) is 22.8 Å². The number of nitrogens with zero attached hydrogens (tertiary/aromatic N) is 5. The first kappa shape index (κ1) is 20.8. The van der Waals surface area contributed by atoms with Crippen LogP contribution in [0.15, 0.2) is 84.9 Å². The van der Waals surface area contributed by atoms with E-state index < -0.39 is 0 Å². The average Bonchev–Trinajstić information content (AvgIpc) is 3.35. The van der Waals surface area contributed by atoms with Crippen LogP contribution in [0.3, 0.4) is 0 Å². The monoisotopic (exact) mass is 439 g/mol. The molecule has 0 spiro atoms. The van der Waals surface area contributed by atoms with Crippen LogP contribution in [-0.2, 0) is 0 Å². The molecule has 1 aliphatic heterocycles. The molecule has 2 heterocycles. The van der Waals surface area contributed by atoms with E-state index in [2.05, 4.69) is 27.1 Å². The summed E-state index contributed by atoms with van der Waals surface area (Å²) in [6, 6.07) is 27.6. The molecule has 166 valence electrons. The molecule has 5 rings (SSSR count). The van der Waals surface area contributed by atoms with Gasteiger partial charge in [0, 0.05) is 37.4 Å². The average molecular weight is 440 g/mol. The van der Waals surface area contributed by atoms with Crippen molar-refractivity contribution >= 4 is 11.6 Å². The summed E-state index contributed by atoms with van der Waals surface area (Å²) in [6.07, 6.45) is 0. The fourth-order valence-electron chi connectivity index (χ4n) is 4.03. The van der Waals surface area contributed by atoms with E-state index in [9.17, 15) is 4.79 Å². The van der Waals surface area contributed by atoms with Gasteiger partial charge in [0.2, 0.25) is 5.82 Å². The number of hydrogen-bond acceptors (Lipinski definition) is 5. The summed E-state index contributed by atoms with van der Waals surface area (Å²) in [7, 11) is 1.63. The van der Waals surface area contributed by atoms with Crippen molar-refractivity contribution in [1.29, 1.82) is 0 Å². The molecule has 0 bridgehead atoms. The number of para-hydroxylation sites is 1. The SMILES string of the molecule is COc1ccc(-n2nc(C(=O)N3CCN(c4ccccc4)CC3)nc2-c2ccccc2)cc1. The van der Waals surface area contributed by atoms with Crippen LogP contribution in [0.25, 0.3) is 17.1 Å². The third kappa shape index (κ3) is 4.30. The van der Waals surface area contributed by atoms with Gasteiger partial charge in [0.15, 0.2) is 5.82 Å². The highest BCUT2D eigenvalue weighted by atomic mass is 16.5. The first-order valence-electron chi connectivity index (χ1n) is 11.0. The Morgan fingerprint density at radius 3 is 2.06 bits per heavy atom. The summed E-state index contributed by atoms with van der Waals surface area (Å²) < 4.78 is 7.00. The molecule has 1 aliphatic rings. The number of carbonyl (C=O) groups excluding carboxylic acids is 1. The van der Waals surface area contributed by atoms with Crippen molar-refractivity contribution < 1.29 is 9.53 Å². The van der Waals surface area contributed by atoms with E-state index in [1.807, 2.05) is 77.7 Å². The molecule has 0 aliphatic carbocycles. The predicted molar refractivity (Wildman–Crippen MR) is 128 cm³/mol. The Kier molecular flexibility index (Phi) is 5.76. The Bertz CT molecular complexity index is 1210.